The van der Waals surface area contributed by atoms with Gasteiger partial charge in [-0.05, 0) is 12.1 Å². The fourth-order valence-corrected chi connectivity index (χ4v) is 1.25. The molecule has 0 saturated carbocycles. The second-order valence-corrected chi connectivity index (χ2v) is 3.52. The zero-order chi connectivity index (χ0) is 10.6. The van der Waals surface area contributed by atoms with Crippen LogP contribution in [-0.4, -0.2) is 16.9 Å². The summed E-state index contributed by atoms with van der Waals surface area (Å²) in [5, 5.41) is 3.93. The Bertz CT molecular complexity index is 368. The molecule has 0 saturated heterocycles. The van der Waals surface area contributed by atoms with Crippen LogP contribution < -0.4 is 11.5 Å². The molecule has 0 heterocycles. The largest absolute Gasteiger partial charge is 0.365 e. The van der Waals surface area contributed by atoms with Gasteiger partial charge in [-0.3, -0.25) is 0 Å². The maximum Gasteiger partial charge on any atom is 0.257 e. The van der Waals surface area contributed by atoms with Crippen molar-refractivity contribution < 1.29 is 4.68 Å². The van der Waals surface area contributed by atoms with Gasteiger partial charge in [0.1, 0.15) is 0 Å². The molecule has 4 N–H and O–H groups in total. The lowest BCUT2D eigenvalue weighted by atomic mass is 10.3. The summed E-state index contributed by atoms with van der Waals surface area (Å²) in [6, 6.07) is 7.68. The molecule has 0 aliphatic rings. The predicted octanol–water partition coefficient (Wildman–Crippen LogP) is 1.79. The number of hydrazone groups is 1. The Labute approximate surface area is 103 Å². The fourth-order valence-electron chi connectivity index (χ4n) is 0.983. The van der Waals surface area contributed by atoms with Crippen LogP contribution >= 0.6 is 28.3 Å². The van der Waals surface area contributed by atoms with E-state index < -0.39 is 0 Å². The zero-order valence-corrected chi connectivity index (χ0v) is 10.6. The highest BCUT2D eigenvalue weighted by atomic mass is 79.9. The molecule has 4 nitrogen and oxygen atoms in total. The molecule has 0 bridgehead atoms. The second-order valence-electron chi connectivity index (χ2n) is 2.60. The highest BCUT2D eigenvalue weighted by molar-refractivity contribution is 9.10. The zero-order valence-electron chi connectivity index (χ0n) is 8.22. The van der Waals surface area contributed by atoms with E-state index in [2.05, 4.69) is 21.0 Å². The number of benzene rings is 1. The van der Waals surface area contributed by atoms with E-state index in [4.69, 9.17) is 11.5 Å². The summed E-state index contributed by atoms with van der Waals surface area (Å²) >= 11 is 3.35. The summed E-state index contributed by atoms with van der Waals surface area (Å²) < 4.78 is 2.63. The molecule has 82 valence electrons. The number of hydrogen-bond acceptors (Lipinski definition) is 1. The summed E-state index contributed by atoms with van der Waals surface area (Å²) in [6.07, 6.45) is 1.78. The molecule has 0 aliphatic heterocycles. The lowest BCUT2D eigenvalue weighted by molar-refractivity contribution is -0.441. The van der Waals surface area contributed by atoms with Crippen molar-refractivity contribution in [1.29, 1.82) is 0 Å². The van der Waals surface area contributed by atoms with Crippen molar-refractivity contribution in [1.82, 2.24) is 0 Å². The smallest absolute Gasteiger partial charge is 0.257 e. The van der Waals surface area contributed by atoms with Crippen LogP contribution in [0.25, 0.3) is 0 Å². The standard InChI is InChI=1S/C9H12BrN4.ClH/c1-2-14(13-9(11)12)8-5-3-7(10)4-6-8;/h2-6H,1H3,(H4,11,12,13);1H/q+1;. The van der Waals surface area contributed by atoms with Gasteiger partial charge in [0.25, 0.3) is 5.96 Å². The van der Waals surface area contributed by atoms with Gasteiger partial charge in [-0.1, -0.05) is 20.6 Å². The third-order valence-electron chi connectivity index (χ3n) is 1.56. The molecule has 1 rings (SSSR count). The number of nitrogens with zero attached hydrogens (tertiary/aromatic N) is 2. The van der Waals surface area contributed by atoms with Gasteiger partial charge in [-0.15, -0.1) is 12.4 Å². The molecule has 0 aromatic heterocycles. The second kappa shape index (κ2) is 6.42. The topological polar surface area (TPSA) is 67.4 Å². The molecule has 1 aromatic carbocycles. The lowest BCUT2D eigenvalue weighted by Gasteiger charge is -1.94. The number of halogens is 2. The van der Waals surface area contributed by atoms with Crippen LogP contribution in [0.15, 0.2) is 33.8 Å². The van der Waals surface area contributed by atoms with Crippen molar-refractivity contribution in [2.24, 2.45) is 16.6 Å². The average molecular weight is 293 g/mol. The molecule has 0 amide bonds. The monoisotopic (exact) mass is 291 g/mol. The maximum absolute atomic E-state index is 5.29. The van der Waals surface area contributed by atoms with Gasteiger partial charge in [0.15, 0.2) is 6.21 Å². The molecular formula is C9H13BrClN4+. The van der Waals surface area contributed by atoms with E-state index in [-0.39, 0.29) is 18.4 Å². The van der Waals surface area contributed by atoms with Crippen molar-refractivity contribution in [2.45, 2.75) is 6.92 Å². The third kappa shape index (κ3) is 4.31. The van der Waals surface area contributed by atoms with Gasteiger partial charge in [0, 0.05) is 28.6 Å². The molecule has 0 spiro atoms. The Morgan fingerprint density at radius 3 is 2.27 bits per heavy atom. The van der Waals surface area contributed by atoms with Crippen molar-refractivity contribution in [3.05, 3.63) is 28.7 Å². The third-order valence-corrected chi connectivity index (χ3v) is 2.09. The van der Waals surface area contributed by atoms with E-state index in [0.29, 0.717) is 0 Å². The minimum Gasteiger partial charge on any atom is -0.365 e. The molecule has 6 heteroatoms. The number of hydrogen-bond donors (Lipinski definition) is 2. The molecular weight excluding hydrogens is 279 g/mol. The first-order chi connectivity index (χ1) is 6.63. The lowest BCUT2D eigenvalue weighted by Crippen LogP contribution is -2.24. The SMILES string of the molecule is CC=[N+](N=C(N)N)c1ccc(Br)cc1.Cl. The molecule has 0 aliphatic carbocycles. The number of rotatable bonds is 2. The molecule has 15 heavy (non-hydrogen) atoms. The molecule has 1 aromatic rings. The van der Waals surface area contributed by atoms with E-state index in [1.807, 2.05) is 31.2 Å². The minimum absolute atomic E-state index is 0. The minimum atomic E-state index is 0. The Kier molecular flexibility index (Phi) is 5.96. The van der Waals surface area contributed by atoms with Gasteiger partial charge in [-0.25, -0.2) is 0 Å². The van der Waals surface area contributed by atoms with Gasteiger partial charge in [0.2, 0.25) is 5.69 Å². The van der Waals surface area contributed by atoms with E-state index in [1.165, 1.54) is 0 Å². The summed E-state index contributed by atoms with van der Waals surface area (Å²) in [5.74, 6) is 0.0334. The van der Waals surface area contributed by atoms with E-state index in [0.717, 1.165) is 10.2 Å². The molecule has 0 unspecified atom stereocenters. The van der Waals surface area contributed by atoms with Crippen LogP contribution in [0, 0.1) is 0 Å². The van der Waals surface area contributed by atoms with Crippen molar-refractivity contribution in [2.75, 3.05) is 0 Å². The first-order valence-electron chi connectivity index (χ1n) is 4.07. The van der Waals surface area contributed by atoms with Gasteiger partial charge < -0.3 is 11.5 Å². The van der Waals surface area contributed by atoms with Gasteiger partial charge >= 0.3 is 0 Å². The highest BCUT2D eigenvalue weighted by Crippen LogP contribution is 2.16. The van der Waals surface area contributed by atoms with Crippen LogP contribution in [-0.2, 0) is 0 Å². The molecule has 0 atom stereocenters. The summed E-state index contributed by atoms with van der Waals surface area (Å²) in [4.78, 5) is 0. The van der Waals surface area contributed by atoms with E-state index in [9.17, 15) is 0 Å². The van der Waals surface area contributed by atoms with Crippen molar-refractivity contribution >= 4 is 46.2 Å². The normalized spacial score (nSPS) is 10.4. The van der Waals surface area contributed by atoms with E-state index in [1.54, 1.807) is 10.9 Å². The maximum atomic E-state index is 5.29. The summed E-state index contributed by atoms with van der Waals surface area (Å²) in [6.45, 7) is 1.86. The highest BCUT2D eigenvalue weighted by Gasteiger charge is 2.06. The first kappa shape index (κ1) is 13.9. The van der Waals surface area contributed by atoms with Crippen LogP contribution in [0.1, 0.15) is 6.92 Å². The van der Waals surface area contributed by atoms with E-state index >= 15 is 0 Å². The Balaban J connectivity index is 0.00000196. The number of nitrogens with two attached hydrogens (primary N) is 2. The Morgan fingerprint density at radius 1 is 1.33 bits per heavy atom. The molecule has 0 radical (unpaired) electrons. The fraction of sp³-hybridized carbons (Fsp3) is 0.111. The van der Waals surface area contributed by atoms with Crippen LogP contribution in [0.5, 0.6) is 0 Å². The molecule has 0 fully saturated rings. The predicted molar refractivity (Wildman–Crippen MR) is 68.9 cm³/mol. The van der Waals surface area contributed by atoms with Crippen LogP contribution in [0.2, 0.25) is 0 Å². The van der Waals surface area contributed by atoms with Crippen LogP contribution in [0.3, 0.4) is 0 Å². The summed E-state index contributed by atoms with van der Waals surface area (Å²) in [7, 11) is 0. The van der Waals surface area contributed by atoms with Crippen molar-refractivity contribution in [3.8, 4) is 0 Å². The number of guanidine groups is 1. The van der Waals surface area contributed by atoms with Crippen molar-refractivity contribution in [3.63, 3.8) is 0 Å². The Morgan fingerprint density at radius 2 is 1.87 bits per heavy atom. The average Bonchev–Trinajstić information content (AvgIpc) is 2.15. The quantitative estimate of drug-likeness (QED) is 0.378. The Hall–Kier alpha value is -1.07. The van der Waals surface area contributed by atoms with Gasteiger partial charge in [0.05, 0.1) is 0 Å². The first-order valence-corrected chi connectivity index (χ1v) is 4.86. The summed E-state index contributed by atoms with van der Waals surface area (Å²) in [5.41, 5.74) is 11.5. The van der Waals surface area contributed by atoms with Crippen LogP contribution in [0.4, 0.5) is 5.69 Å². The van der Waals surface area contributed by atoms with Gasteiger partial charge in [-0.2, -0.15) is 0 Å².